The molecule has 234 valence electrons. The second-order valence-corrected chi connectivity index (χ2v) is 11.3. The number of halogens is 2. The zero-order valence-electron chi connectivity index (χ0n) is 24.6. The van der Waals surface area contributed by atoms with Crippen molar-refractivity contribution in [3.63, 3.8) is 0 Å². The Morgan fingerprint density at radius 2 is 1.48 bits per heavy atom. The topological polar surface area (TPSA) is 125 Å². The van der Waals surface area contributed by atoms with Crippen molar-refractivity contribution >= 4 is 74.3 Å². The number of ether oxygens (including phenoxy) is 4. The fourth-order valence-electron chi connectivity index (χ4n) is 4.34. The van der Waals surface area contributed by atoms with E-state index in [-0.39, 0.29) is 21.2 Å². The average molecular weight is 679 g/mol. The summed E-state index contributed by atoms with van der Waals surface area (Å²) in [5.41, 5.74) is 3.93. The molecule has 0 bridgehead atoms. The number of carbonyl (C=O) groups is 3. The second-order valence-electron chi connectivity index (χ2n) is 9.46. The quantitative estimate of drug-likeness (QED) is 0.0680. The normalized spacial score (nSPS) is 10.9. The molecule has 46 heavy (non-hydrogen) atoms. The molecule has 13 heteroatoms. The van der Waals surface area contributed by atoms with Gasteiger partial charge in [0.1, 0.15) is 10.6 Å². The average Bonchev–Trinajstić information content (AvgIpc) is 3.39. The van der Waals surface area contributed by atoms with Crippen molar-refractivity contribution in [2.24, 2.45) is 5.10 Å². The summed E-state index contributed by atoms with van der Waals surface area (Å²) in [7, 11) is 4.39. The van der Waals surface area contributed by atoms with Gasteiger partial charge in [0, 0.05) is 37.5 Å². The second kappa shape index (κ2) is 14.3. The van der Waals surface area contributed by atoms with Crippen molar-refractivity contribution < 1.29 is 33.3 Å². The first-order valence-electron chi connectivity index (χ1n) is 13.5. The highest BCUT2D eigenvalue weighted by molar-refractivity contribution is 7.21. The number of hydrazone groups is 1. The van der Waals surface area contributed by atoms with E-state index in [2.05, 4.69) is 15.8 Å². The minimum atomic E-state index is -0.635. The number of carbonyl (C=O) groups excluding carboxylic acids is 3. The third kappa shape index (κ3) is 7.07. The third-order valence-corrected chi connectivity index (χ3v) is 8.47. The maximum atomic E-state index is 13.0. The predicted molar refractivity (Wildman–Crippen MR) is 179 cm³/mol. The van der Waals surface area contributed by atoms with Crippen LogP contribution in [0.2, 0.25) is 10.0 Å². The molecule has 5 rings (SSSR count). The summed E-state index contributed by atoms with van der Waals surface area (Å²) < 4.78 is 22.3. The lowest BCUT2D eigenvalue weighted by Gasteiger charge is -2.14. The lowest BCUT2D eigenvalue weighted by Crippen LogP contribution is -2.18. The highest BCUT2D eigenvalue weighted by Gasteiger charge is 2.21. The number of esters is 1. The van der Waals surface area contributed by atoms with E-state index in [1.165, 1.54) is 63.1 Å². The van der Waals surface area contributed by atoms with Crippen LogP contribution in [0.4, 0.5) is 5.69 Å². The number of nitrogens with zero attached hydrogens (tertiary/aromatic N) is 1. The SMILES string of the molecule is COc1cc(C(=O)Nc2ccc(C(=O)N/N=C\c3ccccc3OC(=O)c3sc4cc(Cl)ccc4c3Cl)cc2)cc(OC)c1OC. The maximum absolute atomic E-state index is 13.0. The van der Waals surface area contributed by atoms with Gasteiger partial charge in [-0.2, -0.15) is 5.10 Å². The molecule has 4 aromatic carbocycles. The van der Waals surface area contributed by atoms with E-state index >= 15 is 0 Å². The van der Waals surface area contributed by atoms with Crippen LogP contribution in [0.25, 0.3) is 10.1 Å². The summed E-state index contributed by atoms with van der Waals surface area (Å²) in [5, 5.41) is 8.31. The lowest BCUT2D eigenvalue weighted by atomic mass is 10.1. The number of methoxy groups -OCH3 is 3. The van der Waals surface area contributed by atoms with Gasteiger partial charge in [-0.25, -0.2) is 10.2 Å². The Balaban J connectivity index is 1.22. The third-order valence-electron chi connectivity index (χ3n) is 6.60. The van der Waals surface area contributed by atoms with Crippen LogP contribution in [0.1, 0.15) is 36.0 Å². The van der Waals surface area contributed by atoms with Crippen molar-refractivity contribution in [2.45, 2.75) is 0 Å². The number of amides is 2. The molecule has 0 aliphatic rings. The molecule has 0 saturated heterocycles. The van der Waals surface area contributed by atoms with E-state index < -0.39 is 17.8 Å². The maximum Gasteiger partial charge on any atom is 0.355 e. The van der Waals surface area contributed by atoms with Crippen molar-refractivity contribution in [3.05, 3.63) is 110 Å². The van der Waals surface area contributed by atoms with Crippen molar-refractivity contribution in [1.82, 2.24) is 5.43 Å². The van der Waals surface area contributed by atoms with E-state index in [1.807, 2.05) is 0 Å². The van der Waals surface area contributed by atoms with Crippen LogP contribution in [0.3, 0.4) is 0 Å². The largest absolute Gasteiger partial charge is 0.493 e. The number of hydrogen-bond acceptors (Lipinski definition) is 9. The zero-order chi connectivity index (χ0) is 32.8. The van der Waals surface area contributed by atoms with E-state index in [0.717, 1.165) is 4.70 Å². The van der Waals surface area contributed by atoms with Gasteiger partial charge in [-0.1, -0.05) is 41.4 Å². The van der Waals surface area contributed by atoms with Gasteiger partial charge in [0.05, 0.1) is 32.6 Å². The Morgan fingerprint density at radius 1 is 0.783 bits per heavy atom. The fourth-order valence-corrected chi connectivity index (χ4v) is 6.00. The standard InChI is InChI=1S/C33H25Cl2N3O7S/c1-42-25-14-20(15-26(43-2)29(25)44-3)31(39)37-22-11-8-18(9-12-22)32(40)38-36-17-19-6-4-5-7-24(19)45-33(41)30-28(35)23-13-10-21(34)16-27(23)46-30/h4-17H,1-3H3,(H,37,39)(H,38,40)/b36-17-. The van der Waals surface area contributed by atoms with Crippen LogP contribution in [0.5, 0.6) is 23.0 Å². The molecule has 2 amide bonds. The highest BCUT2D eigenvalue weighted by Crippen LogP contribution is 2.39. The van der Waals surface area contributed by atoms with Gasteiger partial charge in [0.2, 0.25) is 5.75 Å². The van der Waals surface area contributed by atoms with Crippen LogP contribution in [-0.2, 0) is 0 Å². The van der Waals surface area contributed by atoms with Crippen LogP contribution in [0.15, 0.2) is 84.0 Å². The molecule has 0 spiro atoms. The monoisotopic (exact) mass is 677 g/mol. The van der Waals surface area contributed by atoms with Gasteiger partial charge in [-0.3, -0.25) is 9.59 Å². The van der Waals surface area contributed by atoms with Gasteiger partial charge in [0.25, 0.3) is 11.8 Å². The predicted octanol–water partition coefficient (Wildman–Crippen LogP) is 7.47. The van der Waals surface area contributed by atoms with Gasteiger partial charge in [0.15, 0.2) is 11.5 Å². The molecule has 10 nitrogen and oxygen atoms in total. The van der Waals surface area contributed by atoms with E-state index in [1.54, 1.807) is 54.6 Å². The number of rotatable bonds is 10. The van der Waals surface area contributed by atoms with E-state index in [0.29, 0.717) is 44.5 Å². The molecule has 0 atom stereocenters. The van der Waals surface area contributed by atoms with Crippen LogP contribution >= 0.6 is 34.5 Å². The first-order valence-corrected chi connectivity index (χ1v) is 15.0. The van der Waals surface area contributed by atoms with E-state index in [4.69, 9.17) is 42.1 Å². The summed E-state index contributed by atoms with van der Waals surface area (Å²) in [4.78, 5) is 38.8. The summed E-state index contributed by atoms with van der Waals surface area (Å²) >= 11 is 13.7. The number of thiophene rings is 1. The Morgan fingerprint density at radius 3 is 2.15 bits per heavy atom. The molecule has 0 aliphatic heterocycles. The van der Waals surface area contributed by atoms with Crippen molar-refractivity contribution in [2.75, 3.05) is 26.6 Å². The summed E-state index contributed by atoms with van der Waals surface area (Å²) in [6, 6.07) is 21.2. The number of benzene rings is 4. The van der Waals surface area contributed by atoms with Gasteiger partial charge < -0.3 is 24.3 Å². The zero-order valence-corrected chi connectivity index (χ0v) is 26.9. The van der Waals surface area contributed by atoms with Crippen molar-refractivity contribution in [1.29, 1.82) is 0 Å². The molecule has 0 fully saturated rings. The first-order chi connectivity index (χ1) is 22.2. The molecular formula is C33H25Cl2N3O7S. The number of fused-ring (bicyclic) bond motifs is 1. The summed E-state index contributed by atoms with van der Waals surface area (Å²) in [6.07, 6.45) is 1.36. The molecule has 0 radical (unpaired) electrons. The minimum absolute atomic E-state index is 0.226. The van der Waals surface area contributed by atoms with Crippen molar-refractivity contribution in [3.8, 4) is 23.0 Å². The Labute approximate surface area is 277 Å². The first kappa shape index (κ1) is 32.3. The highest BCUT2D eigenvalue weighted by atomic mass is 35.5. The molecule has 2 N–H and O–H groups in total. The Bertz CT molecular complexity index is 1950. The molecule has 0 unspecified atom stereocenters. The van der Waals surface area contributed by atoms with Gasteiger partial charge >= 0.3 is 5.97 Å². The smallest absolute Gasteiger partial charge is 0.355 e. The summed E-state index contributed by atoms with van der Waals surface area (Å²) in [6.45, 7) is 0. The number of anilines is 1. The van der Waals surface area contributed by atoms with Crippen LogP contribution in [0, 0.1) is 0 Å². The van der Waals surface area contributed by atoms with E-state index in [9.17, 15) is 14.4 Å². The van der Waals surface area contributed by atoms with Crippen LogP contribution < -0.4 is 29.7 Å². The van der Waals surface area contributed by atoms with Crippen LogP contribution in [-0.4, -0.2) is 45.3 Å². The number of hydrogen-bond donors (Lipinski definition) is 2. The molecular weight excluding hydrogens is 653 g/mol. The molecule has 5 aromatic rings. The lowest BCUT2D eigenvalue weighted by molar-refractivity contribution is 0.0739. The Kier molecular flexibility index (Phi) is 10.1. The summed E-state index contributed by atoms with van der Waals surface area (Å²) in [5.74, 6) is -0.275. The molecule has 1 aromatic heterocycles. The number of para-hydroxylation sites is 1. The van der Waals surface area contributed by atoms with Gasteiger partial charge in [-0.05, 0) is 60.7 Å². The molecule has 1 heterocycles. The Hall–Kier alpha value is -5.10. The van der Waals surface area contributed by atoms with Gasteiger partial charge in [-0.15, -0.1) is 11.3 Å². The number of nitrogens with one attached hydrogen (secondary N) is 2. The minimum Gasteiger partial charge on any atom is -0.493 e. The molecule has 0 aliphatic carbocycles. The fraction of sp³-hybridized carbons (Fsp3) is 0.0909. The molecule has 0 saturated carbocycles.